The van der Waals surface area contributed by atoms with E-state index in [1.54, 1.807) is 24.3 Å². The molecule has 0 aliphatic carbocycles. The number of aliphatic hydroxyl groups is 1. The SMILES string of the molecule is COC(=O)c1ccc(OC[C@@H](Cc2ccccc2)Oc2ccc(C(O)(C(F)(F)F)C(F)(F)F)cc2C)cc1. The zero-order chi connectivity index (χ0) is 28.1. The Morgan fingerprint density at radius 2 is 1.50 bits per heavy atom. The molecule has 0 aliphatic heterocycles. The fourth-order valence-electron chi connectivity index (χ4n) is 3.68. The van der Waals surface area contributed by atoms with Crippen LogP contribution < -0.4 is 9.47 Å². The molecule has 0 fully saturated rings. The number of aryl methyl sites for hydroxylation is 1. The molecule has 0 aromatic heterocycles. The van der Waals surface area contributed by atoms with Crippen molar-refractivity contribution in [3.05, 3.63) is 95.1 Å². The lowest BCUT2D eigenvalue weighted by Crippen LogP contribution is -2.53. The van der Waals surface area contributed by atoms with Crippen molar-refractivity contribution in [3.63, 3.8) is 0 Å². The van der Waals surface area contributed by atoms with Crippen molar-refractivity contribution in [2.75, 3.05) is 13.7 Å². The van der Waals surface area contributed by atoms with Crippen molar-refractivity contribution in [1.29, 1.82) is 0 Å². The Balaban J connectivity index is 1.84. The first-order chi connectivity index (χ1) is 17.8. The van der Waals surface area contributed by atoms with Gasteiger partial charge in [0.15, 0.2) is 0 Å². The normalized spacial score (nSPS) is 13.1. The number of esters is 1. The van der Waals surface area contributed by atoms with E-state index in [2.05, 4.69) is 4.74 Å². The molecule has 0 unspecified atom stereocenters. The van der Waals surface area contributed by atoms with E-state index in [-0.39, 0.29) is 17.9 Å². The van der Waals surface area contributed by atoms with Gasteiger partial charge in [-0.2, -0.15) is 26.3 Å². The predicted molar refractivity (Wildman–Crippen MR) is 125 cm³/mol. The fraction of sp³-hybridized carbons (Fsp3) is 0.296. The molecule has 3 aromatic rings. The molecule has 0 saturated heterocycles. The minimum atomic E-state index is -5.99. The molecular formula is C27H24F6O5. The molecule has 0 aliphatic rings. The van der Waals surface area contributed by atoms with Crippen molar-refractivity contribution >= 4 is 5.97 Å². The first-order valence-electron chi connectivity index (χ1n) is 11.2. The van der Waals surface area contributed by atoms with Crippen LogP contribution in [0.4, 0.5) is 26.3 Å². The second-order valence-electron chi connectivity index (χ2n) is 8.44. The van der Waals surface area contributed by atoms with E-state index in [0.29, 0.717) is 29.9 Å². The summed E-state index contributed by atoms with van der Waals surface area (Å²) in [5, 5.41) is 9.69. The number of alkyl halides is 6. The second kappa shape index (κ2) is 11.3. The number of carbonyl (C=O) groups excluding carboxylic acids is 1. The predicted octanol–water partition coefficient (Wildman–Crippen LogP) is 6.16. The van der Waals surface area contributed by atoms with Gasteiger partial charge in [0.2, 0.25) is 0 Å². The molecule has 0 saturated carbocycles. The maximum Gasteiger partial charge on any atom is 0.430 e. The standard InChI is InChI=1S/C27H24F6O5/c1-17-14-20(25(35,26(28,29)30)27(31,32)33)10-13-23(17)38-22(15-18-6-4-3-5-7-18)16-37-21-11-8-19(9-12-21)24(34)36-2/h3-14,22,35H,15-16H2,1-2H3/t22-/m1/s1. The maximum absolute atomic E-state index is 13.3. The summed E-state index contributed by atoms with van der Waals surface area (Å²) in [6, 6.07) is 17.2. The highest BCUT2D eigenvalue weighted by atomic mass is 19.4. The maximum atomic E-state index is 13.3. The molecule has 11 heteroatoms. The highest BCUT2D eigenvalue weighted by Crippen LogP contribution is 2.50. The van der Waals surface area contributed by atoms with Gasteiger partial charge in [-0.3, -0.25) is 0 Å². The lowest BCUT2D eigenvalue weighted by molar-refractivity contribution is -0.376. The molecule has 5 nitrogen and oxygen atoms in total. The van der Waals surface area contributed by atoms with E-state index in [4.69, 9.17) is 9.47 Å². The Morgan fingerprint density at radius 3 is 2.03 bits per heavy atom. The van der Waals surface area contributed by atoms with Crippen LogP contribution in [0.2, 0.25) is 0 Å². The van der Waals surface area contributed by atoms with E-state index < -0.39 is 35.6 Å². The minimum absolute atomic E-state index is 0.0195. The summed E-state index contributed by atoms with van der Waals surface area (Å²) in [4.78, 5) is 11.6. The van der Waals surface area contributed by atoms with Gasteiger partial charge in [-0.1, -0.05) is 36.4 Å². The zero-order valence-electron chi connectivity index (χ0n) is 20.3. The van der Waals surface area contributed by atoms with E-state index in [1.165, 1.54) is 26.2 Å². The van der Waals surface area contributed by atoms with Gasteiger partial charge in [0.05, 0.1) is 12.7 Å². The molecule has 1 N–H and O–H groups in total. The molecule has 0 radical (unpaired) electrons. The number of hydrogen-bond acceptors (Lipinski definition) is 5. The van der Waals surface area contributed by atoms with E-state index >= 15 is 0 Å². The van der Waals surface area contributed by atoms with Crippen LogP contribution in [0.25, 0.3) is 0 Å². The van der Waals surface area contributed by atoms with Crippen molar-refractivity contribution in [2.24, 2.45) is 0 Å². The quantitative estimate of drug-likeness (QED) is 0.259. The molecule has 0 spiro atoms. The van der Waals surface area contributed by atoms with Crippen LogP contribution in [-0.4, -0.2) is 43.2 Å². The third-order valence-corrected chi connectivity index (χ3v) is 5.72. The van der Waals surface area contributed by atoms with Crippen molar-refractivity contribution < 1.29 is 50.5 Å². The van der Waals surface area contributed by atoms with Crippen LogP contribution in [0.3, 0.4) is 0 Å². The summed E-state index contributed by atoms with van der Waals surface area (Å²) in [5.41, 5.74) is -5.30. The Hall–Kier alpha value is -3.73. The fourth-order valence-corrected chi connectivity index (χ4v) is 3.68. The largest absolute Gasteiger partial charge is 0.490 e. The third-order valence-electron chi connectivity index (χ3n) is 5.72. The molecule has 0 bridgehead atoms. The van der Waals surface area contributed by atoms with Gasteiger partial charge in [-0.05, 0) is 54.4 Å². The number of hydrogen-bond donors (Lipinski definition) is 1. The lowest BCUT2D eigenvalue weighted by atomic mass is 9.91. The van der Waals surface area contributed by atoms with Gasteiger partial charge in [-0.25, -0.2) is 4.79 Å². The third kappa shape index (κ3) is 6.39. The Labute approximate surface area is 214 Å². The van der Waals surface area contributed by atoms with E-state index in [0.717, 1.165) is 11.6 Å². The lowest BCUT2D eigenvalue weighted by Gasteiger charge is -2.33. The summed E-state index contributed by atoms with van der Waals surface area (Å²) >= 11 is 0. The molecular weight excluding hydrogens is 518 g/mol. The van der Waals surface area contributed by atoms with Gasteiger partial charge in [-0.15, -0.1) is 0 Å². The Bertz CT molecular complexity index is 1210. The van der Waals surface area contributed by atoms with Crippen LogP contribution in [0.5, 0.6) is 11.5 Å². The molecule has 38 heavy (non-hydrogen) atoms. The Morgan fingerprint density at radius 1 is 0.895 bits per heavy atom. The molecule has 3 rings (SSSR count). The highest BCUT2D eigenvalue weighted by molar-refractivity contribution is 5.89. The molecule has 204 valence electrons. The summed E-state index contributed by atoms with van der Waals surface area (Å²) in [6.07, 6.45) is -12.4. The number of benzene rings is 3. The first-order valence-corrected chi connectivity index (χ1v) is 11.2. The highest BCUT2D eigenvalue weighted by Gasteiger charge is 2.71. The monoisotopic (exact) mass is 542 g/mol. The molecule has 1 atom stereocenters. The molecule has 3 aromatic carbocycles. The van der Waals surface area contributed by atoms with Crippen molar-refractivity contribution in [1.82, 2.24) is 0 Å². The first kappa shape index (κ1) is 28.8. The van der Waals surface area contributed by atoms with E-state index in [9.17, 15) is 36.2 Å². The summed E-state index contributed by atoms with van der Waals surface area (Å²) in [7, 11) is 1.25. The number of ether oxygens (including phenoxy) is 3. The Kier molecular flexibility index (Phi) is 8.61. The van der Waals surface area contributed by atoms with Gasteiger partial charge < -0.3 is 19.3 Å². The van der Waals surface area contributed by atoms with Crippen LogP contribution in [0, 0.1) is 6.92 Å². The smallest absolute Gasteiger partial charge is 0.430 e. The number of methoxy groups -OCH3 is 1. The molecule has 0 heterocycles. The summed E-state index contributed by atoms with van der Waals surface area (Å²) < 4.78 is 96.0. The number of carbonyl (C=O) groups is 1. The molecule has 0 amide bonds. The van der Waals surface area contributed by atoms with Gasteiger partial charge >= 0.3 is 18.3 Å². The average molecular weight is 542 g/mol. The van der Waals surface area contributed by atoms with Crippen LogP contribution in [0.1, 0.15) is 27.0 Å². The van der Waals surface area contributed by atoms with Crippen LogP contribution >= 0.6 is 0 Å². The van der Waals surface area contributed by atoms with Gasteiger partial charge in [0.1, 0.15) is 24.2 Å². The number of rotatable bonds is 9. The topological polar surface area (TPSA) is 65.0 Å². The van der Waals surface area contributed by atoms with Crippen molar-refractivity contribution in [2.45, 2.75) is 37.4 Å². The van der Waals surface area contributed by atoms with Crippen LogP contribution in [-0.2, 0) is 16.8 Å². The van der Waals surface area contributed by atoms with Crippen LogP contribution in [0.15, 0.2) is 72.8 Å². The summed E-state index contributed by atoms with van der Waals surface area (Å²) in [5.74, 6) is -0.110. The summed E-state index contributed by atoms with van der Waals surface area (Å²) in [6.45, 7) is 1.24. The van der Waals surface area contributed by atoms with Gasteiger partial charge in [0.25, 0.3) is 5.60 Å². The van der Waals surface area contributed by atoms with Gasteiger partial charge in [0, 0.05) is 12.0 Å². The second-order valence-corrected chi connectivity index (χ2v) is 8.44. The zero-order valence-corrected chi connectivity index (χ0v) is 20.3. The number of halogens is 6. The minimum Gasteiger partial charge on any atom is -0.490 e. The van der Waals surface area contributed by atoms with Crippen molar-refractivity contribution in [3.8, 4) is 11.5 Å². The van der Waals surface area contributed by atoms with E-state index in [1.807, 2.05) is 18.2 Å². The average Bonchev–Trinajstić information content (AvgIpc) is 2.87.